The number of carboxylic acids is 1. The predicted molar refractivity (Wildman–Crippen MR) is 74.3 cm³/mol. The normalized spacial score (nSPS) is 10.7. The third kappa shape index (κ3) is 6.17. The molecule has 18 heavy (non-hydrogen) atoms. The monoisotopic (exact) mass is 270 g/mol. The van der Waals surface area contributed by atoms with Crippen LogP contribution in [0.2, 0.25) is 0 Å². The molecule has 0 bridgehead atoms. The molecule has 0 aliphatic heterocycles. The van der Waals surface area contributed by atoms with Crippen LogP contribution >= 0.6 is 11.3 Å². The summed E-state index contributed by atoms with van der Waals surface area (Å²) in [5.41, 5.74) is 0. The molecule has 3 nitrogen and oxygen atoms in total. The zero-order valence-corrected chi connectivity index (χ0v) is 11.8. The van der Waals surface area contributed by atoms with Gasteiger partial charge >= 0.3 is 5.97 Å². The Morgan fingerprint density at radius 1 is 1.22 bits per heavy atom. The van der Waals surface area contributed by atoms with Crippen LogP contribution in [0.1, 0.15) is 60.0 Å². The fourth-order valence-corrected chi connectivity index (χ4v) is 2.51. The highest BCUT2D eigenvalue weighted by atomic mass is 32.1. The molecule has 0 aliphatic carbocycles. The maximum absolute atomic E-state index is 10.7. The van der Waals surface area contributed by atoms with Crippen molar-refractivity contribution < 1.29 is 14.6 Å². The zero-order chi connectivity index (χ0) is 13.2. The van der Waals surface area contributed by atoms with E-state index in [1.807, 2.05) is 6.07 Å². The molecule has 0 amide bonds. The molecule has 1 rings (SSSR count). The Bertz CT molecular complexity index is 347. The second-order valence-electron chi connectivity index (χ2n) is 4.39. The van der Waals surface area contributed by atoms with E-state index in [2.05, 4.69) is 6.92 Å². The second kappa shape index (κ2) is 9.11. The van der Waals surface area contributed by atoms with Crippen LogP contribution in [0.3, 0.4) is 0 Å². The van der Waals surface area contributed by atoms with Gasteiger partial charge in [0.15, 0.2) is 0 Å². The first-order chi connectivity index (χ1) is 8.74. The summed E-state index contributed by atoms with van der Waals surface area (Å²) in [6.45, 7) is 3.52. The molecule has 0 radical (unpaired) electrons. The van der Waals surface area contributed by atoms with Crippen molar-refractivity contribution in [3.63, 3.8) is 0 Å². The van der Waals surface area contributed by atoms with Gasteiger partial charge in [-0.05, 0) is 18.6 Å². The number of thiophene rings is 1. The van der Waals surface area contributed by atoms with Crippen LogP contribution in [0.15, 0.2) is 12.1 Å². The van der Waals surface area contributed by atoms with E-state index in [9.17, 15) is 4.79 Å². The van der Waals surface area contributed by atoms with Gasteiger partial charge in [-0.1, -0.05) is 39.0 Å². The average molecular weight is 270 g/mol. The summed E-state index contributed by atoms with van der Waals surface area (Å²) in [4.78, 5) is 12.1. The molecule has 0 atom stereocenters. The molecular weight excluding hydrogens is 248 g/mol. The van der Waals surface area contributed by atoms with Crippen molar-refractivity contribution >= 4 is 17.3 Å². The number of ether oxygens (including phenoxy) is 1. The standard InChI is InChI=1S/C14H22O3S/c1-2-3-4-5-6-7-10-17-11-12-8-9-13(18-12)14(15)16/h8-9H,2-7,10-11H2,1H3,(H,15,16). The van der Waals surface area contributed by atoms with E-state index in [0.29, 0.717) is 11.5 Å². The Morgan fingerprint density at radius 3 is 2.61 bits per heavy atom. The Hall–Kier alpha value is -0.870. The Balaban J connectivity index is 2.02. The van der Waals surface area contributed by atoms with Crippen molar-refractivity contribution in [3.05, 3.63) is 21.9 Å². The van der Waals surface area contributed by atoms with Crippen LogP contribution in [0, 0.1) is 0 Å². The Labute approximate surface area is 113 Å². The maximum atomic E-state index is 10.7. The first kappa shape index (κ1) is 15.2. The van der Waals surface area contributed by atoms with Gasteiger partial charge < -0.3 is 9.84 Å². The molecule has 0 saturated carbocycles. The molecule has 0 fully saturated rings. The van der Waals surface area contributed by atoms with E-state index in [-0.39, 0.29) is 0 Å². The first-order valence-corrected chi connectivity index (χ1v) is 7.45. The van der Waals surface area contributed by atoms with Gasteiger partial charge in [0.25, 0.3) is 0 Å². The van der Waals surface area contributed by atoms with Crippen LogP contribution in [-0.4, -0.2) is 17.7 Å². The summed E-state index contributed by atoms with van der Waals surface area (Å²) < 4.78 is 5.54. The van der Waals surface area contributed by atoms with Crippen LogP contribution in [-0.2, 0) is 11.3 Å². The first-order valence-electron chi connectivity index (χ1n) is 6.63. The van der Waals surface area contributed by atoms with Crippen LogP contribution in [0.4, 0.5) is 0 Å². The number of hydrogen-bond acceptors (Lipinski definition) is 3. The van der Waals surface area contributed by atoms with Gasteiger partial charge in [0.2, 0.25) is 0 Å². The Morgan fingerprint density at radius 2 is 1.94 bits per heavy atom. The van der Waals surface area contributed by atoms with Gasteiger partial charge in [-0.25, -0.2) is 4.79 Å². The molecule has 0 spiro atoms. The summed E-state index contributed by atoms with van der Waals surface area (Å²) in [6.07, 6.45) is 7.54. The molecule has 1 aromatic heterocycles. The third-order valence-electron chi connectivity index (χ3n) is 2.76. The van der Waals surface area contributed by atoms with Gasteiger partial charge in [-0.2, -0.15) is 0 Å². The molecule has 0 aromatic carbocycles. The molecule has 0 aliphatic rings. The summed E-state index contributed by atoms with van der Waals surface area (Å²) in [7, 11) is 0. The minimum atomic E-state index is -0.859. The number of carboxylic acid groups (broad SMARTS) is 1. The van der Waals surface area contributed by atoms with E-state index in [1.165, 1.54) is 43.4 Å². The maximum Gasteiger partial charge on any atom is 0.345 e. The largest absolute Gasteiger partial charge is 0.477 e. The topological polar surface area (TPSA) is 46.5 Å². The van der Waals surface area contributed by atoms with E-state index in [0.717, 1.165) is 17.9 Å². The van der Waals surface area contributed by atoms with Crippen LogP contribution < -0.4 is 0 Å². The quantitative estimate of drug-likeness (QED) is 0.644. The fraction of sp³-hybridized carbons (Fsp3) is 0.643. The third-order valence-corrected chi connectivity index (χ3v) is 3.81. The van der Waals surface area contributed by atoms with Crippen molar-refractivity contribution in [3.8, 4) is 0 Å². The van der Waals surface area contributed by atoms with Crippen molar-refractivity contribution in [2.75, 3.05) is 6.61 Å². The van der Waals surface area contributed by atoms with Crippen molar-refractivity contribution in [2.45, 2.75) is 52.1 Å². The van der Waals surface area contributed by atoms with Gasteiger partial charge in [0.1, 0.15) is 4.88 Å². The number of rotatable bonds is 10. The van der Waals surface area contributed by atoms with Crippen molar-refractivity contribution in [2.24, 2.45) is 0 Å². The van der Waals surface area contributed by atoms with E-state index in [4.69, 9.17) is 9.84 Å². The number of carbonyl (C=O) groups is 1. The minimum Gasteiger partial charge on any atom is -0.477 e. The lowest BCUT2D eigenvalue weighted by atomic mass is 10.1. The smallest absolute Gasteiger partial charge is 0.345 e. The van der Waals surface area contributed by atoms with E-state index in [1.54, 1.807) is 6.07 Å². The zero-order valence-electron chi connectivity index (χ0n) is 11.0. The minimum absolute atomic E-state index is 0.383. The molecular formula is C14H22O3S. The van der Waals surface area contributed by atoms with Crippen LogP contribution in [0.5, 0.6) is 0 Å². The lowest BCUT2D eigenvalue weighted by Gasteiger charge is -2.02. The predicted octanol–water partition coefficient (Wildman–Crippen LogP) is 4.32. The van der Waals surface area contributed by atoms with E-state index >= 15 is 0 Å². The molecule has 0 saturated heterocycles. The lowest BCUT2D eigenvalue weighted by molar-refractivity contribution is 0.0702. The number of aromatic carboxylic acids is 1. The van der Waals surface area contributed by atoms with E-state index < -0.39 is 5.97 Å². The fourth-order valence-electron chi connectivity index (χ4n) is 1.73. The summed E-state index contributed by atoms with van der Waals surface area (Å²) in [5, 5.41) is 8.78. The highest BCUT2D eigenvalue weighted by molar-refractivity contribution is 7.13. The summed E-state index contributed by atoms with van der Waals surface area (Å²) in [6, 6.07) is 3.46. The van der Waals surface area contributed by atoms with Crippen LogP contribution in [0.25, 0.3) is 0 Å². The van der Waals surface area contributed by atoms with Gasteiger partial charge in [-0.3, -0.25) is 0 Å². The van der Waals surface area contributed by atoms with Crippen molar-refractivity contribution in [1.82, 2.24) is 0 Å². The Kier molecular flexibility index (Phi) is 7.69. The van der Waals surface area contributed by atoms with Gasteiger partial charge in [0, 0.05) is 11.5 Å². The highest BCUT2D eigenvalue weighted by Gasteiger charge is 2.06. The molecule has 0 unspecified atom stereocenters. The molecule has 4 heteroatoms. The van der Waals surface area contributed by atoms with Crippen molar-refractivity contribution in [1.29, 1.82) is 0 Å². The average Bonchev–Trinajstić information content (AvgIpc) is 2.81. The lowest BCUT2D eigenvalue weighted by Crippen LogP contribution is -1.94. The molecule has 1 heterocycles. The molecule has 1 aromatic rings. The second-order valence-corrected chi connectivity index (χ2v) is 5.56. The molecule has 102 valence electrons. The summed E-state index contributed by atoms with van der Waals surface area (Å²) in [5.74, 6) is -0.859. The molecule has 1 N–H and O–H groups in total. The highest BCUT2D eigenvalue weighted by Crippen LogP contribution is 2.17. The van der Waals surface area contributed by atoms with Gasteiger partial charge in [0.05, 0.1) is 6.61 Å². The SMILES string of the molecule is CCCCCCCCOCc1ccc(C(=O)O)s1. The number of unbranched alkanes of at least 4 members (excludes halogenated alkanes) is 5. The summed E-state index contributed by atoms with van der Waals surface area (Å²) >= 11 is 1.29. The number of hydrogen-bond donors (Lipinski definition) is 1. The van der Waals surface area contributed by atoms with Gasteiger partial charge in [-0.15, -0.1) is 11.3 Å².